The SMILES string of the molecule is NC(=O)Nc1sc(-c2cccc3cccnc23)cc1C(N)=O. The van der Waals surface area contributed by atoms with Gasteiger partial charge in [-0.2, -0.15) is 0 Å². The molecule has 3 aromatic rings. The molecule has 22 heavy (non-hydrogen) atoms. The molecule has 0 saturated carbocycles. The highest BCUT2D eigenvalue weighted by Crippen LogP contribution is 2.37. The highest BCUT2D eigenvalue weighted by molar-refractivity contribution is 7.20. The van der Waals surface area contributed by atoms with Gasteiger partial charge in [0.15, 0.2) is 0 Å². The summed E-state index contributed by atoms with van der Waals surface area (Å²) in [7, 11) is 0. The molecule has 6 nitrogen and oxygen atoms in total. The Morgan fingerprint density at radius 2 is 1.91 bits per heavy atom. The number of amides is 3. The molecule has 0 radical (unpaired) electrons. The van der Waals surface area contributed by atoms with Crippen molar-refractivity contribution in [2.24, 2.45) is 11.5 Å². The third kappa shape index (κ3) is 2.49. The number of pyridine rings is 1. The number of para-hydroxylation sites is 1. The molecule has 0 unspecified atom stereocenters. The summed E-state index contributed by atoms with van der Waals surface area (Å²) < 4.78 is 0. The van der Waals surface area contributed by atoms with Gasteiger partial charge in [-0.05, 0) is 12.1 Å². The number of thiophene rings is 1. The molecule has 3 rings (SSSR count). The lowest BCUT2D eigenvalue weighted by atomic mass is 10.1. The minimum atomic E-state index is -0.744. The molecule has 110 valence electrons. The van der Waals surface area contributed by atoms with Gasteiger partial charge >= 0.3 is 6.03 Å². The molecule has 3 amide bonds. The third-order valence-corrected chi connectivity index (χ3v) is 4.22. The molecule has 2 aromatic heterocycles. The number of nitrogens with one attached hydrogen (secondary N) is 1. The maximum absolute atomic E-state index is 11.5. The van der Waals surface area contributed by atoms with Crippen LogP contribution < -0.4 is 16.8 Å². The van der Waals surface area contributed by atoms with Gasteiger partial charge in [0.25, 0.3) is 5.91 Å². The van der Waals surface area contributed by atoms with Crippen LogP contribution in [0.3, 0.4) is 0 Å². The fourth-order valence-corrected chi connectivity index (χ4v) is 3.31. The second kappa shape index (κ2) is 5.45. The summed E-state index contributed by atoms with van der Waals surface area (Å²) in [5.41, 5.74) is 12.4. The molecule has 5 N–H and O–H groups in total. The van der Waals surface area contributed by atoms with E-state index < -0.39 is 11.9 Å². The maximum atomic E-state index is 11.5. The molecular formula is C15H12N4O2S. The number of nitrogens with zero attached hydrogens (tertiary/aromatic N) is 1. The lowest BCUT2D eigenvalue weighted by Gasteiger charge is -2.02. The van der Waals surface area contributed by atoms with Crippen molar-refractivity contribution >= 4 is 39.2 Å². The predicted octanol–water partition coefficient (Wildman–Crippen LogP) is 2.55. The number of primary amides is 2. The number of hydrogen-bond donors (Lipinski definition) is 3. The molecule has 0 aliphatic heterocycles. The van der Waals surface area contributed by atoms with Crippen molar-refractivity contribution in [3.8, 4) is 10.4 Å². The van der Waals surface area contributed by atoms with Crippen LogP contribution in [0.2, 0.25) is 0 Å². The van der Waals surface area contributed by atoms with Crippen LogP contribution in [-0.2, 0) is 0 Å². The Kier molecular flexibility index (Phi) is 3.48. The normalized spacial score (nSPS) is 10.5. The summed E-state index contributed by atoms with van der Waals surface area (Å²) in [6.07, 6.45) is 1.71. The highest BCUT2D eigenvalue weighted by Gasteiger charge is 2.17. The zero-order valence-corrected chi connectivity index (χ0v) is 12.2. The molecule has 0 saturated heterocycles. The van der Waals surface area contributed by atoms with E-state index in [9.17, 15) is 9.59 Å². The fraction of sp³-hybridized carbons (Fsp3) is 0. The zero-order chi connectivity index (χ0) is 15.7. The summed E-state index contributed by atoms with van der Waals surface area (Å²) in [6.45, 7) is 0. The summed E-state index contributed by atoms with van der Waals surface area (Å²) in [5.74, 6) is -0.626. The van der Waals surface area contributed by atoms with Crippen molar-refractivity contribution in [1.82, 2.24) is 4.98 Å². The predicted molar refractivity (Wildman–Crippen MR) is 86.8 cm³/mol. The first-order chi connectivity index (χ1) is 10.6. The molecule has 2 heterocycles. The lowest BCUT2D eigenvalue weighted by Crippen LogP contribution is -2.21. The van der Waals surface area contributed by atoms with E-state index in [1.54, 1.807) is 12.3 Å². The number of rotatable bonds is 3. The Bertz CT molecular complexity index is 883. The average molecular weight is 312 g/mol. The summed E-state index contributed by atoms with van der Waals surface area (Å²) in [5, 5.41) is 3.75. The summed E-state index contributed by atoms with van der Waals surface area (Å²) >= 11 is 1.23. The average Bonchev–Trinajstić information content (AvgIpc) is 2.89. The van der Waals surface area contributed by atoms with E-state index in [4.69, 9.17) is 11.5 Å². The van der Waals surface area contributed by atoms with Gasteiger partial charge in [-0.3, -0.25) is 15.1 Å². The van der Waals surface area contributed by atoms with Gasteiger partial charge in [0.1, 0.15) is 5.00 Å². The Morgan fingerprint density at radius 3 is 2.64 bits per heavy atom. The van der Waals surface area contributed by atoms with E-state index in [0.29, 0.717) is 5.00 Å². The number of carbonyl (C=O) groups excluding carboxylic acids is 2. The van der Waals surface area contributed by atoms with Crippen molar-refractivity contribution in [2.45, 2.75) is 0 Å². The van der Waals surface area contributed by atoms with Gasteiger partial charge in [0.2, 0.25) is 0 Å². The Morgan fingerprint density at radius 1 is 1.14 bits per heavy atom. The standard InChI is InChI=1S/C15H12N4O2S/c16-13(20)10-7-11(22-14(10)19-15(17)21)9-5-1-3-8-4-2-6-18-12(8)9/h1-7H,(H2,16,20)(H3,17,19,21). The first-order valence-electron chi connectivity index (χ1n) is 6.40. The van der Waals surface area contributed by atoms with Crippen LogP contribution in [0, 0.1) is 0 Å². The molecule has 0 bridgehead atoms. The highest BCUT2D eigenvalue weighted by atomic mass is 32.1. The van der Waals surface area contributed by atoms with Crippen LogP contribution in [0.5, 0.6) is 0 Å². The van der Waals surface area contributed by atoms with E-state index in [-0.39, 0.29) is 5.56 Å². The first kappa shape index (κ1) is 14.0. The van der Waals surface area contributed by atoms with Gasteiger partial charge in [0.05, 0.1) is 11.1 Å². The zero-order valence-electron chi connectivity index (χ0n) is 11.4. The van der Waals surface area contributed by atoms with E-state index in [0.717, 1.165) is 21.3 Å². The molecule has 7 heteroatoms. The second-order valence-corrected chi connectivity index (χ2v) is 5.64. The van der Waals surface area contributed by atoms with Crippen molar-refractivity contribution in [3.63, 3.8) is 0 Å². The minimum Gasteiger partial charge on any atom is -0.366 e. The topological polar surface area (TPSA) is 111 Å². The molecule has 0 atom stereocenters. The van der Waals surface area contributed by atoms with Crippen molar-refractivity contribution in [3.05, 3.63) is 48.2 Å². The monoisotopic (exact) mass is 312 g/mol. The molecule has 0 aliphatic rings. The fourth-order valence-electron chi connectivity index (χ4n) is 2.21. The van der Waals surface area contributed by atoms with Gasteiger partial charge in [-0.1, -0.05) is 24.3 Å². The van der Waals surface area contributed by atoms with E-state index in [1.807, 2.05) is 30.3 Å². The van der Waals surface area contributed by atoms with Gasteiger partial charge in [-0.25, -0.2) is 4.79 Å². The van der Waals surface area contributed by atoms with Crippen LogP contribution in [0.25, 0.3) is 21.3 Å². The smallest absolute Gasteiger partial charge is 0.317 e. The van der Waals surface area contributed by atoms with E-state index in [2.05, 4.69) is 10.3 Å². The molecule has 0 aliphatic carbocycles. The maximum Gasteiger partial charge on any atom is 0.317 e. The lowest BCUT2D eigenvalue weighted by molar-refractivity contribution is 0.100. The van der Waals surface area contributed by atoms with Gasteiger partial charge < -0.3 is 11.5 Å². The summed E-state index contributed by atoms with van der Waals surface area (Å²) in [6, 6.07) is 10.5. The van der Waals surface area contributed by atoms with Crippen molar-refractivity contribution in [2.75, 3.05) is 5.32 Å². The van der Waals surface area contributed by atoms with Crippen LogP contribution in [0.1, 0.15) is 10.4 Å². The number of benzene rings is 1. The van der Waals surface area contributed by atoms with E-state index >= 15 is 0 Å². The Hall–Kier alpha value is -2.93. The molecule has 0 spiro atoms. The number of aromatic nitrogens is 1. The number of anilines is 1. The van der Waals surface area contributed by atoms with Crippen LogP contribution in [0.4, 0.5) is 9.80 Å². The molecular weight excluding hydrogens is 300 g/mol. The summed E-state index contributed by atoms with van der Waals surface area (Å²) in [4.78, 5) is 27.7. The molecule has 0 fully saturated rings. The van der Waals surface area contributed by atoms with Crippen molar-refractivity contribution in [1.29, 1.82) is 0 Å². The third-order valence-electron chi connectivity index (χ3n) is 3.13. The first-order valence-corrected chi connectivity index (χ1v) is 7.22. The number of nitrogens with two attached hydrogens (primary N) is 2. The number of fused-ring (bicyclic) bond motifs is 1. The quantitative estimate of drug-likeness (QED) is 0.691. The van der Waals surface area contributed by atoms with Gasteiger partial charge in [0, 0.05) is 22.0 Å². The number of hydrogen-bond acceptors (Lipinski definition) is 4. The van der Waals surface area contributed by atoms with Crippen LogP contribution >= 0.6 is 11.3 Å². The van der Waals surface area contributed by atoms with Crippen molar-refractivity contribution < 1.29 is 9.59 Å². The molecule has 1 aromatic carbocycles. The Labute approximate surface area is 129 Å². The second-order valence-electron chi connectivity index (χ2n) is 4.59. The Balaban J connectivity index is 2.19. The largest absolute Gasteiger partial charge is 0.366 e. The van der Waals surface area contributed by atoms with E-state index in [1.165, 1.54) is 11.3 Å². The van der Waals surface area contributed by atoms with Gasteiger partial charge in [-0.15, -0.1) is 11.3 Å². The van der Waals surface area contributed by atoms with Crippen LogP contribution in [0.15, 0.2) is 42.6 Å². The number of urea groups is 1. The minimum absolute atomic E-state index is 0.228. The number of carbonyl (C=O) groups is 2. The van der Waals surface area contributed by atoms with Crippen LogP contribution in [-0.4, -0.2) is 16.9 Å².